The van der Waals surface area contributed by atoms with Crippen molar-refractivity contribution in [3.8, 4) is 0 Å². The number of carbonyl (C=O) groups excluding carboxylic acids is 2. The first-order chi connectivity index (χ1) is 19.7. The molecule has 6 heteroatoms. The Balaban J connectivity index is -0.0000000979. The fourth-order valence-electron chi connectivity index (χ4n) is 1.60. The summed E-state index contributed by atoms with van der Waals surface area (Å²) in [7, 11) is 9.56. The number of ketones is 1. The smallest absolute Gasteiger partial charge is 0.337 e. The Morgan fingerprint density at radius 1 is 0.581 bits per heavy atom. The van der Waals surface area contributed by atoms with Crippen LogP contribution in [0, 0.1) is 24.7 Å². The van der Waals surface area contributed by atoms with Gasteiger partial charge in [-0.25, -0.2) is 4.79 Å². The van der Waals surface area contributed by atoms with Crippen molar-refractivity contribution >= 4 is 11.8 Å². The van der Waals surface area contributed by atoms with E-state index in [4.69, 9.17) is 0 Å². The van der Waals surface area contributed by atoms with Crippen molar-refractivity contribution in [3.05, 3.63) is 70.8 Å². The van der Waals surface area contributed by atoms with Crippen LogP contribution in [0.5, 0.6) is 0 Å². The quantitative estimate of drug-likeness (QED) is 0.254. The summed E-state index contributed by atoms with van der Waals surface area (Å²) in [6, 6.07) is 14.8. The molecule has 0 atom stereocenters. The van der Waals surface area contributed by atoms with Crippen LogP contribution in [-0.4, -0.2) is 61.0 Å². The SMILES string of the molecule is CC.CC(=O)c1ccc(C)cc1.CC(C)(C)C.CC(C)(C)C.CCOC.COC.COC.COC(=O)c1ccc(C)cc1. The normalized spacial score (nSPS) is 9.02. The van der Waals surface area contributed by atoms with Gasteiger partial charge in [0.05, 0.1) is 12.7 Å². The molecule has 0 N–H and O–H groups in total. The average Bonchev–Trinajstić information content (AvgIpc) is 2.90. The van der Waals surface area contributed by atoms with Crippen LogP contribution in [0.4, 0.5) is 0 Å². The Labute approximate surface area is 267 Å². The third-order valence-corrected chi connectivity index (χ3v) is 3.22. The minimum atomic E-state index is -0.287. The fourth-order valence-corrected chi connectivity index (χ4v) is 1.60. The molecule has 0 aliphatic heterocycles. The second kappa shape index (κ2) is 35.7. The summed E-state index contributed by atoms with van der Waals surface area (Å²) in [4.78, 5) is 21.7. The van der Waals surface area contributed by atoms with Crippen LogP contribution < -0.4 is 0 Å². The second-order valence-corrected chi connectivity index (χ2v) is 12.2. The highest BCUT2D eigenvalue weighted by molar-refractivity contribution is 5.94. The molecule has 0 saturated heterocycles. The lowest BCUT2D eigenvalue weighted by atomic mass is 10.0. The minimum Gasteiger partial charge on any atom is -0.465 e. The second-order valence-electron chi connectivity index (χ2n) is 12.2. The van der Waals surface area contributed by atoms with Crippen molar-refractivity contribution in [3.63, 3.8) is 0 Å². The van der Waals surface area contributed by atoms with Gasteiger partial charge in [0.25, 0.3) is 0 Å². The molecule has 254 valence electrons. The standard InChI is InChI=1S/C9H10O2.C9H10O.2C5H12.C3H8O.2C2H6O.C2H6/c1-7-3-5-8(6-4-7)9(10)11-2;1-7-3-5-9(6-4-7)8(2)10;2*1-5(2,3)4;1-3-4-2;2*1-3-2;1-2/h3-6H,1-2H3;3-6H,1-2H3;2*1-4H3;3H2,1-2H3;2*1-2H3;1-2H3. The summed E-state index contributed by atoms with van der Waals surface area (Å²) < 4.78 is 17.6. The van der Waals surface area contributed by atoms with E-state index in [-0.39, 0.29) is 11.8 Å². The third kappa shape index (κ3) is 68.4. The minimum absolute atomic E-state index is 0.125. The van der Waals surface area contributed by atoms with Crippen molar-refractivity contribution in [1.82, 2.24) is 0 Å². The maximum absolute atomic E-state index is 10.9. The number of Topliss-reactive ketones (excluding diaryl/α,β-unsaturated/α-hetero) is 1. The van der Waals surface area contributed by atoms with E-state index in [1.807, 2.05) is 71.0 Å². The molecule has 43 heavy (non-hydrogen) atoms. The van der Waals surface area contributed by atoms with Gasteiger partial charge in [-0.15, -0.1) is 0 Å². The van der Waals surface area contributed by atoms with Crippen LogP contribution in [0.3, 0.4) is 0 Å². The Kier molecular flexibility index (Phi) is 44.0. The maximum Gasteiger partial charge on any atom is 0.337 e. The van der Waals surface area contributed by atoms with Crippen LogP contribution in [0.1, 0.15) is 115 Å². The van der Waals surface area contributed by atoms with Gasteiger partial charge in [-0.3, -0.25) is 4.79 Å². The zero-order valence-electron chi connectivity index (χ0n) is 31.8. The Bertz CT molecular complexity index is 799. The molecule has 0 unspecified atom stereocenters. The third-order valence-electron chi connectivity index (χ3n) is 3.22. The zero-order valence-corrected chi connectivity index (χ0v) is 31.8. The van der Waals surface area contributed by atoms with Gasteiger partial charge in [0.2, 0.25) is 0 Å². The summed E-state index contributed by atoms with van der Waals surface area (Å²) >= 11 is 0. The van der Waals surface area contributed by atoms with Gasteiger partial charge in [0.15, 0.2) is 5.78 Å². The van der Waals surface area contributed by atoms with Crippen LogP contribution in [-0.2, 0) is 18.9 Å². The summed E-state index contributed by atoms with van der Waals surface area (Å²) in [5.74, 6) is -0.162. The van der Waals surface area contributed by atoms with Gasteiger partial charge in [-0.2, -0.15) is 0 Å². The van der Waals surface area contributed by atoms with Crippen LogP contribution in [0.2, 0.25) is 0 Å². The molecular formula is C37H70O6. The number of hydrogen-bond acceptors (Lipinski definition) is 6. The monoisotopic (exact) mass is 611 g/mol. The molecule has 6 nitrogen and oxygen atoms in total. The van der Waals surface area contributed by atoms with E-state index in [2.05, 4.69) is 74.3 Å². The number of benzene rings is 2. The van der Waals surface area contributed by atoms with Crippen LogP contribution in [0.15, 0.2) is 48.5 Å². The van der Waals surface area contributed by atoms with Crippen LogP contribution >= 0.6 is 0 Å². The Morgan fingerprint density at radius 2 is 0.791 bits per heavy atom. The molecule has 0 saturated carbocycles. The van der Waals surface area contributed by atoms with E-state index in [1.54, 1.807) is 54.6 Å². The van der Waals surface area contributed by atoms with Crippen molar-refractivity contribution in [2.24, 2.45) is 10.8 Å². The lowest BCUT2D eigenvalue weighted by Crippen LogP contribution is -2.00. The van der Waals surface area contributed by atoms with Crippen LogP contribution in [0.25, 0.3) is 0 Å². The molecule has 0 bridgehead atoms. The number of ether oxygens (including phenoxy) is 4. The van der Waals surface area contributed by atoms with Gasteiger partial charge in [0, 0.05) is 47.7 Å². The van der Waals surface area contributed by atoms with Gasteiger partial charge in [0.1, 0.15) is 0 Å². The number of carbonyl (C=O) groups is 2. The molecule has 0 aromatic heterocycles. The molecule has 0 radical (unpaired) electrons. The van der Waals surface area contributed by atoms with Gasteiger partial charge < -0.3 is 18.9 Å². The van der Waals surface area contributed by atoms with Crippen molar-refractivity contribution in [1.29, 1.82) is 0 Å². The zero-order chi connectivity index (χ0) is 35.7. The van der Waals surface area contributed by atoms with E-state index < -0.39 is 0 Å². The number of hydrogen-bond donors (Lipinski definition) is 0. The predicted molar refractivity (Wildman–Crippen MR) is 189 cm³/mol. The molecule has 2 rings (SSSR count). The molecule has 0 aliphatic carbocycles. The van der Waals surface area contributed by atoms with Crippen molar-refractivity contribution in [2.45, 2.75) is 96.9 Å². The van der Waals surface area contributed by atoms with Gasteiger partial charge in [-0.05, 0) is 50.7 Å². The lowest BCUT2D eigenvalue weighted by molar-refractivity contribution is 0.0600. The fraction of sp³-hybridized carbons (Fsp3) is 0.622. The maximum atomic E-state index is 10.9. The highest BCUT2D eigenvalue weighted by Gasteiger charge is 2.02. The van der Waals surface area contributed by atoms with Crippen molar-refractivity contribution < 1.29 is 28.5 Å². The molecule has 0 amide bonds. The van der Waals surface area contributed by atoms with E-state index in [1.165, 1.54) is 12.7 Å². The largest absolute Gasteiger partial charge is 0.465 e. The summed E-state index contributed by atoms with van der Waals surface area (Å²) in [5.41, 5.74) is 4.70. The highest BCUT2D eigenvalue weighted by Crippen LogP contribution is 2.08. The molecular weight excluding hydrogens is 540 g/mol. The highest BCUT2D eigenvalue weighted by atomic mass is 16.5. The number of aryl methyl sites for hydroxylation is 2. The first kappa shape index (κ1) is 53.1. The number of rotatable bonds is 3. The first-order valence-corrected chi connectivity index (χ1v) is 14.7. The average molecular weight is 611 g/mol. The Morgan fingerprint density at radius 3 is 0.953 bits per heavy atom. The van der Waals surface area contributed by atoms with Gasteiger partial charge >= 0.3 is 5.97 Å². The molecule has 0 aliphatic rings. The predicted octanol–water partition coefficient (Wildman–Crippen LogP) is 10.3. The van der Waals surface area contributed by atoms with Gasteiger partial charge in [-0.1, -0.05) is 117 Å². The Hall–Kier alpha value is -2.54. The summed E-state index contributed by atoms with van der Waals surface area (Å²) in [6.45, 7) is 29.8. The van der Waals surface area contributed by atoms with Crippen molar-refractivity contribution in [2.75, 3.05) is 49.3 Å². The number of esters is 1. The molecule has 0 fully saturated rings. The summed E-state index contributed by atoms with van der Waals surface area (Å²) in [5, 5.41) is 0. The first-order valence-electron chi connectivity index (χ1n) is 14.7. The van der Waals surface area contributed by atoms with E-state index >= 15 is 0 Å². The molecule has 0 heterocycles. The molecule has 2 aromatic carbocycles. The topological polar surface area (TPSA) is 71.1 Å². The van der Waals surface area contributed by atoms with E-state index in [9.17, 15) is 9.59 Å². The molecule has 0 spiro atoms. The summed E-state index contributed by atoms with van der Waals surface area (Å²) in [6.07, 6.45) is 0. The van der Waals surface area contributed by atoms with E-state index in [0.717, 1.165) is 17.7 Å². The van der Waals surface area contributed by atoms with E-state index in [0.29, 0.717) is 16.4 Å². The number of methoxy groups -OCH3 is 4. The molecule has 2 aromatic rings. The lowest BCUT2D eigenvalue weighted by Gasteiger charge is -2.05.